The van der Waals surface area contributed by atoms with E-state index < -0.39 is 0 Å². The highest BCUT2D eigenvalue weighted by molar-refractivity contribution is 5.23. The second kappa shape index (κ2) is 3.21. The van der Waals surface area contributed by atoms with Crippen LogP contribution in [0.4, 0.5) is 5.95 Å². The lowest BCUT2D eigenvalue weighted by atomic mass is 10.4. The molecule has 0 bridgehead atoms. The molecule has 0 amide bonds. The molecular weight excluding hydrogens is 154 g/mol. The van der Waals surface area contributed by atoms with E-state index in [0.29, 0.717) is 5.95 Å². The van der Waals surface area contributed by atoms with Crippen LogP contribution in [0.2, 0.25) is 0 Å². The number of nitrogens with zero attached hydrogens (tertiary/aromatic N) is 2. The zero-order valence-electron chi connectivity index (χ0n) is 6.47. The topological polar surface area (TPSA) is 47.0 Å². The summed E-state index contributed by atoms with van der Waals surface area (Å²) in [6.45, 7) is 0. The van der Waals surface area contributed by atoms with Gasteiger partial charge in [0, 0.05) is 18.8 Å². The first kappa shape index (κ1) is 7.09. The first-order valence-electron chi connectivity index (χ1n) is 3.79. The zero-order chi connectivity index (χ0) is 8.23. The molecule has 1 N–H and O–H groups in total. The number of hydrogen-bond donors (Lipinski definition) is 1. The van der Waals surface area contributed by atoms with Crippen molar-refractivity contribution in [2.24, 2.45) is 0 Å². The van der Waals surface area contributed by atoms with Crippen LogP contribution in [0.25, 0.3) is 0 Å². The van der Waals surface area contributed by atoms with Crippen molar-refractivity contribution in [2.75, 3.05) is 5.32 Å². The molecule has 2 heterocycles. The van der Waals surface area contributed by atoms with Gasteiger partial charge in [-0.3, -0.25) is 0 Å². The molecule has 1 aliphatic rings. The Kier molecular flexibility index (Phi) is 1.90. The van der Waals surface area contributed by atoms with Gasteiger partial charge >= 0.3 is 0 Å². The van der Waals surface area contributed by atoms with Gasteiger partial charge in [0.1, 0.15) is 0 Å². The summed E-state index contributed by atoms with van der Waals surface area (Å²) < 4.78 is 5.19. The van der Waals surface area contributed by atoms with E-state index in [0.717, 1.165) is 6.42 Å². The fourth-order valence-electron chi connectivity index (χ4n) is 0.996. The van der Waals surface area contributed by atoms with Gasteiger partial charge in [0.15, 0.2) is 6.23 Å². The van der Waals surface area contributed by atoms with E-state index in [4.69, 9.17) is 4.74 Å². The minimum atomic E-state index is -0.00704. The molecule has 0 aliphatic carbocycles. The molecule has 0 aromatic carbocycles. The Labute approximate surface area is 70.3 Å². The maximum Gasteiger partial charge on any atom is 0.225 e. The molecule has 1 aliphatic heterocycles. The zero-order valence-corrected chi connectivity index (χ0v) is 6.47. The summed E-state index contributed by atoms with van der Waals surface area (Å²) in [5.74, 6) is 0.603. The molecule has 1 unspecified atom stereocenters. The molecular formula is C8H9N3O. The summed E-state index contributed by atoms with van der Waals surface area (Å²) in [6, 6.07) is 1.78. The average Bonchev–Trinajstić information content (AvgIpc) is 2.59. The van der Waals surface area contributed by atoms with E-state index in [-0.39, 0.29) is 6.23 Å². The van der Waals surface area contributed by atoms with Crippen molar-refractivity contribution in [1.82, 2.24) is 9.97 Å². The highest BCUT2D eigenvalue weighted by Crippen LogP contribution is 2.09. The molecule has 0 saturated heterocycles. The second-order valence-electron chi connectivity index (χ2n) is 2.45. The van der Waals surface area contributed by atoms with E-state index in [9.17, 15) is 0 Å². The van der Waals surface area contributed by atoms with Gasteiger partial charge in [-0.2, -0.15) is 0 Å². The largest absolute Gasteiger partial charge is 0.478 e. The van der Waals surface area contributed by atoms with Gasteiger partial charge in [-0.15, -0.1) is 0 Å². The summed E-state index contributed by atoms with van der Waals surface area (Å²) in [6.07, 6.45) is 7.88. The third kappa shape index (κ3) is 1.53. The molecule has 62 valence electrons. The lowest BCUT2D eigenvalue weighted by Gasteiger charge is -2.11. The number of nitrogens with one attached hydrogen (secondary N) is 1. The van der Waals surface area contributed by atoms with Crippen LogP contribution in [0.5, 0.6) is 0 Å². The van der Waals surface area contributed by atoms with Crippen molar-refractivity contribution in [3.63, 3.8) is 0 Å². The van der Waals surface area contributed by atoms with Crippen LogP contribution in [-0.4, -0.2) is 16.2 Å². The van der Waals surface area contributed by atoms with Crippen molar-refractivity contribution in [3.8, 4) is 0 Å². The molecule has 12 heavy (non-hydrogen) atoms. The Bertz CT molecular complexity index is 265. The molecule has 4 heteroatoms. The van der Waals surface area contributed by atoms with E-state index >= 15 is 0 Å². The first-order valence-corrected chi connectivity index (χ1v) is 3.79. The fourth-order valence-corrected chi connectivity index (χ4v) is 0.996. The van der Waals surface area contributed by atoms with E-state index in [1.165, 1.54) is 0 Å². The van der Waals surface area contributed by atoms with Gasteiger partial charge in [0.25, 0.3) is 0 Å². The quantitative estimate of drug-likeness (QED) is 0.710. The number of rotatable bonds is 2. The Balaban J connectivity index is 1.95. The molecule has 0 spiro atoms. The maximum atomic E-state index is 5.19. The van der Waals surface area contributed by atoms with Crippen LogP contribution in [0.15, 0.2) is 30.8 Å². The molecule has 2 rings (SSSR count). The summed E-state index contributed by atoms with van der Waals surface area (Å²) in [7, 11) is 0. The van der Waals surface area contributed by atoms with E-state index in [1.54, 1.807) is 24.7 Å². The third-order valence-electron chi connectivity index (χ3n) is 1.55. The standard InChI is InChI=1S/C8H9N3O/c1-3-7(12-6-1)11-8-9-4-2-5-10-8/h1-2,4-7H,3H2,(H,9,10,11). The average molecular weight is 163 g/mol. The van der Waals surface area contributed by atoms with Crippen molar-refractivity contribution >= 4 is 5.95 Å². The molecule has 1 atom stereocenters. The number of hydrogen-bond acceptors (Lipinski definition) is 4. The van der Waals surface area contributed by atoms with Gasteiger partial charge in [-0.05, 0) is 12.1 Å². The van der Waals surface area contributed by atoms with E-state index in [2.05, 4.69) is 15.3 Å². The summed E-state index contributed by atoms with van der Waals surface area (Å²) in [4.78, 5) is 8.02. The minimum absolute atomic E-state index is 0.00704. The second-order valence-corrected chi connectivity index (χ2v) is 2.45. The van der Waals surface area contributed by atoms with Gasteiger partial charge in [-0.25, -0.2) is 9.97 Å². The SMILES string of the molecule is C1=COC(Nc2ncccn2)C1. The van der Waals surface area contributed by atoms with E-state index in [1.807, 2.05) is 6.08 Å². The maximum absolute atomic E-state index is 5.19. The number of aromatic nitrogens is 2. The normalized spacial score (nSPS) is 20.5. The molecule has 1 aromatic heterocycles. The predicted octanol–water partition coefficient (Wildman–Crippen LogP) is 1.15. The Morgan fingerprint density at radius 2 is 2.25 bits per heavy atom. The van der Waals surface area contributed by atoms with Crippen molar-refractivity contribution in [3.05, 3.63) is 30.8 Å². The Morgan fingerprint density at radius 3 is 2.92 bits per heavy atom. The van der Waals surface area contributed by atoms with Gasteiger partial charge in [0.05, 0.1) is 6.26 Å². The minimum Gasteiger partial charge on any atom is -0.478 e. The fraction of sp³-hybridized carbons (Fsp3) is 0.250. The van der Waals surface area contributed by atoms with Crippen LogP contribution >= 0.6 is 0 Å². The van der Waals surface area contributed by atoms with Crippen LogP contribution in [-0.2, 0) is 4.74 Å². The molecule has 0 fully saturated rings. The summed E-state index contributed by atoms with van der Waals surface area (Å²) >= 11 is 0. The lowest BCUT2D eigenvalue weighted by molar-refractivity contribution is 0.196. The van der Waals surface area contributed by atoms with Crippen LogP contribution in [0.1, 0.15) is 6.42 Å². The van der Waals surface area contributed by atoms with Crippen LogP contribution < -0.4 is 5.32 Å². The summed E-state index contributed by atoms with van der Waals surface area (Å²) in [5.41, 5.74) is 0. The van der Waals surface area contributed by atoms with Crippen molar-refractivity contribution in [1.29, 1.82) is 0 Å². The van der Waals surface area contributed by atoms with Crippen LogP contribution in [0.3, 0.4) is 0 Å². The van der Waals surface area contributed by atoms with Crippen molar-refractivity contribution < 1.29 is 4.74 Å². The van der Waals surface area contributed by atoms with Gasteiger partial charge < -0.3 is 10.1 Å². The highest BCUT2D eigenvalue weighted by atomic mass is 16.5. The van der Waals surface area contributed by atoms with Crippen molar-refractivity contribution in [2.45, 2.75) is 12.6 Å². The predicted molar refractivity (Wildman–Crippen MR) is 44.3 cm³/mol. The number of anilines is 1. The monoisotopic (exact) mass is 163 g/mol. The molecule has 1 aromatic rings. The lowest BCUT2D eigenvalue weighted by Crippen LogP contribution is -2.18. The third-order valence-corrected chi connectivity index (χ3v) is 1.55. The Morgan fingerprint density at radius 1 is 1.42 bits per heavy atom. The number of ether oxygens (including phenoxy) is 1. The molecule has 0 saturated carbocycles. The smallest absolute Gasteiger partial charge is 0.225 e. The van der Waals surface area contributed by atoms with Gasteiger partial charge in [-0.1, -0.05) is 0 Å². The van der Waals surface area contributed by atoms with Gasteiger partial charge in [0.2, 0.25) is 5.95 Å². The first-order chi connectivity index (χ1) is 5.95. The Hall–Kier alpha value is -1.58. The molecule has 0 radical (unpaired) electrons. The van der Waals surface area contributed by atoms with Crippen LogP contribution in [0, 0.1) is 0 Å². The highest BCUT2D eigenvalue weighted by Gasteiger charge is 2.10. The molecule has 4 nitrogen and oxygen atoms in total. The summed E-state index contributed by atoms with van der Waals surface area (Å²) in [5, 5.41) is 3.03.